The van der Waals surface area contributed by atoms with Gasteiger partial charge in [-0.05, 0) is 31.2 Å². The van der Waals surface area contributed by atoms with E-state index in [4.69, 9.17) is 4.74 Å². The van der Waals surface area contributed by atoms with Gasteiger partial charge in [0.2, 0.25) is 0 Å². The molecule has 10 heteroatoms. The van der Waals surface area contributed by atoms with Gasteiger partial charge in [-0.3, -0.25) is 4.99 Å². The molecule has 0 fully saturated rings. The lowest BCUT2D eigenvalue weighted by molar-refractivity contribution is -0.132. The van der Waals surface area contributed by atoms with E-state index in [1.54, 1.807) is 19.1 Å². The Labute approximate surface area is 145 Å². The number of guanidine groups is 1. The van der Waals surface area contributed by atoms with Crippen LogP contribution in [-0.4, -0.2) is 53.1 Å². The van der Waals surface area contributed by atoms with Gasteiger partial charge in [-0.25, -0.2) is 8.42 Å². The number of aliphatic imine (C=N–C) groups is 1. The van der Waals surface area contributed by atoms with Crippen LogP contribution in [0.2, 0.25) is 0 Å². The second-order valence-corrected chi connectivity index (χ2v) is 7.16. The van der Waals surface area contributed by atoms with Gasteiger partial charge in [-0.2, -0.15) is 13.2 Å². The number of rotatable bonds is 8. The topological polar surface area (TPSA) is 79.8 Å². The van der Waals surface area contributed by atoms with Crippen molar-refractivity contribution in [2.45, 2.75) is 24.4 Å². The van der Waals surface area contributed by atoms with Crippen LogP contribution in [0, 0.1) is 0 Å². The molecule has 0 radical (unpaired) electrons. The van der Waals surface area contributed by atoms with E-state index in [1.165, 1.54) is 12.1 Å². The molecule has 0 amide bonds. The van der Waals surface area contributed by atoms with Crippen LogP contribution < -0.4 is 15.4 Å². The smallest absolute Gasteiger partial charge is 0.390 e. The molecule has 0 aliphatic carbocycles. The maximum absolute atomic E-state index is 12.1. The molecule has 25 heavy (non-hydrogen) atoms. The molecule has 6 nitrogen and oxygen atoms in total. The van der Waals surface area contributed by atoms with Crippen molar-refractivity contribution in [1.82, 2.24) is 10.6 Å². The van der Waals surface area contributed by atoms with Crippen molar-refractivity contribution in [3.63, 3.8) is 0 Å². The van der Waals surface area contributed by atoms with Crippen LogP contribution in [0.15, 0.2) is 34.2 Å². The average molecular weight is 381 g/mol. The number of alkyl halides is 3. The Hall–Kier alpha value is -1.97. The third-order valence-electron chi connectivity index (χ3n) is 2.92. The Bertz CT molecular complexity index is 659. The fourth-order valence-corrected chi connectivity index (χ4v) is 2.39. The first kappa shape index (κ1) is 21.1. The maximum atomic E-state index is 12.1. The van der Waals surface area contributed by atoms with Gasteiger partial charge in [-0.15, -0.1) is 0 Å². The zero-order valence-corrected chi connectivity index (χ0v) is 14.9. The lowest BCUT2D eigenvalue weighted by atomic mass is 10.3. The predicted molar refractivity (Wildman–Crippen MR) is 89.7 cm³/mol. The van der Waals surface area contributed by atoms with Crippen LogP contribution >= 0.6 is 0 Å². The zero-order chi connectivity index (χ0) is 18.9. The van der Waals surface area contributed by atoms with Crippen LogP contribution in [0.3, 0.4) is 0 Å². The SMILES string of the molecule is CCNC(=NCCC(F)(F)F)NCCOc1ccc(S(C)(=O)=O)cc1. The third kappa shape index (κ3) is 9.18. The minimum atomic E-state index is -4.23. The molecule has 0 saturated carbocycles. The molecule has 0 bridgehead atoms. The predicted octanol–water partition coefficient (Wildman–Crippen LogP) is 1.98. The highest BCUT2D eigenvalue weighted by molar-refractivity contribution is 7.90. The maximum Gasteiger partial charge on any atom is 0.390 e. The number of halogens is 3. The monoisotopic (exact) mass is 381 g/mol. The van der Waals surface area contributed by atoms with Gasteiger partial charge in [0, 0.05) is 12.8 Å². The normalized spacial score (nSPS) is 12.8. The second kappa shape index (κ2) is 9.50. The van der Waals surface area contributed by atoms with Crippen LogP contribution in [-0.2, 0) is 9.84 Å². The Morgan fingerprint density at radius 3 is 2.36 bits per heavy atom. The molecule has 0 unspecified atom stereocenters. The Morgan fingerprint density at radius 2 is 1.84 bits per heavy atom. The van der Waals surface area contributed by atoms with E-state index in [-0.39, 0.29) is 24.0 Å². The van der Waals surface area contributed by atoms with Crippen molar-refractivity contribution in [2.75, 3.05) is 32.5 Å². The fraction of sp³-hybridized carbons (Fsp3) is 0.533. The van der Waals surface area contributed by atoms with E-state index < -0.39 is 22.4 Å². The van der Waals surface area contributed by atoms with E-state index >= 15 is 0 Å². The van der Waals surface area contributed by atoms with Crippen molar-refractivity contribution in [3.8, 4) is 5.75 Å². The van der Waals surface area contributed by atoms with Gasteiger partial charge >= 0.3 is 6.18 Å². The Morgan fingerprint density at radius 1 is 1.20 bits per heavy atom. The highest BCUT2D eigenvalue weighted by atomic mass is 32.2. The van der Waals surface area contributed by atoms with E-state index in [0.717, 1.165) is 6.26 Å². The van der Waals surface area contributed by atoms with Gasteiger partial charge in [0.15, 0.2) is 15.8 Å². The summed E-state index contributed by atoms with van der Waals surface area (Å²) in [5, 5.41) is 5.70. The molecular weight excluding hydrogens is 359 g/mol. The Kier molecular flexibility index (Phi) is 8.01. The first-order chi connectivity index (χ1) is 11.6. The first-order valence-corrected chi connectivity index (χ1v) is 9.53. The minimum Gasteiger partial charge on any atom is -0.492 e. The molecule has 1 aromatic rings. The number of nitrogens with one attached hydrogen (secondary N) is 2. The summed E-state index contributed by atoms with van der Waals surface area (Å²) in [6, 6.07) is 5.97. The molecule has 0 saturated heterocycles. The van der Waals surface area contributed by atoms with Gasteiger partial charge in [0.05, 0.1) is 24.4 Å². The summed E-state index contributed by atoms with van der Waals surface area (Å²) < 4.78 is 64.5. The molecule has 0 aliphatic rings. The van der Waals surface area contributed by atoms with E-state index in [9.17, 15) is 21.6 Å². The number of ether oxygens (including phenoxy) is 1. The minimum absolute atomic E-state index is 0.198. The van der Waals surface area contributed by atoms with Crippen LogP contribution in [0.4, 0.5) is 13.2 Å². The second-order valence-electron chi connectivity index (χ2n) is 5.14. The fourth-order valence-electron chi connectivity index (χ4n) is 1.76. The van der Waals surface area contributed by atoms with E-state index in [1.807, 2.05) is 0 Å². The summed E-state index contributed by atoms with van der Waals surface area (Å²) in [5.74, 6) is 0.774. The molecule has 0 spiro atoms. The summed E-state index contributed by atoms with van der Waals surface area (Å²) in [6.07, 6.45) is -4.10. The van der Waals surface area contributed by atoms with Crippen molar-refractivity contribution in [3.05, 3.63) is 24.3 Å². The molecule has 0 aliphatic heterocycles. The number of hydrogen-bond acceptors (Lipinski definition) is 4. The summed E-state index contributed by atoms with van der Waals surface area (Å²) in [4.78, 5) is 4.03. The highest BCUT2D eigenvalue weighted by Crippen LogP contribution is 2.19. The highest BCUT2D eigenvalue weighted by Gasteiger charge is 2.26. The number of hydrogen-bond donors (Lipinski definition) is 2. The number of nitrogens with zero attached hydrogens (tertiary/aromatic N) is 1. The van der Waals surface area contributed by atoms with Gasteiger partial charge in [0.1, 0.15) is 12.4 Å². The Balaban J connectivity index is 2.42. The largest absolute Gasteiger partial charge is 0.492 e. The zero-order valence-electron chi connectivity index (χ0n) is 14.1. The van der Waals surface area contributed by atoms with Crippen LogP contribution in [0.25, 0.3) is 0 Å². The quantitative estimate of drug-likeness (QED) is 0.409. The molecule has 1 aromatic carbocycles. The molecule has 0 heterocycles. The molecule has 2 N–H and O–H groups in total. The van der Waals surface area contributed by atoms with E-state index in [2.05, 4.69) is 15.6 Å². The van der Waals surface area contributed by atoms with Gasteiger partial charge < -0.3 is 15.4 Å². The van der Waals surface area contributed by atoms with Crippen LogP contribution in [0.5, 0.6) is 5.75 Å². The molecular formula is C15H22F3N3O3S. The number of sulfone groups is 1. The summed E-state index contributed by atoms with van der Waals surface area (Å²) in [7, 11) is -3.25. The van der Waals surface area contributed by atoms with Crippen LogP contribution in [0.1, 0.15) is 13.3 Å². The lowest BCUT2D eigenvalue weighted by Gasteiger charge is -2.12. The first-order valence-electron chi connectivity index (χ1n) is 7.63. The van der Waals surface area contributed by atoms with Crippen molar-refractivity contribution in [1.29, 1.82) is 0 Å². The standard InChI is InChI=1S/C15H22F3N3O3S/c1-3-19-14(20-9-8-15(16,17)18)21-10-11-24-12-4-6-13(7-5-12)25(2,22)23/h4-7H,3,8-11H2,1-2H3,(H2,19,20,21). The summed E-state index contributed by atoms with van der Waals surface area (Å²) in [5.41, 5.74) is 0. The average Bonchev–Trinajstić information content (AvgIpc) is 2.50. The van der Waals surface area contributed by atoms with Crippen molar-refractivity contribution < 1.29 is 26.3 Å². The summed E-state index contributed by atoms with van der Waals surface area (Å²) in [6.45, 7) is 2.53. The van der Waals surface area contributed by atoms with E-state index in [0.29, 0.717) is 18.8 Å². The van der Waals surface area contributed by atoms with Crippen molar-refractivity contribution >= 4 is 15.8 Å². The van der Waals surface area contributed by atoms with Crippen molar-refractivity contribution in [2.24, 2.45) is 4.99 Å². The van der Waals surface area contributed by atoms with Gasteiger partial charge in [-0.1, -0.05) is 0 Å². The molecule has 0 aromatic heterocycles. The lowest BCUT2D eigenvalue weighted by Crippen LogP contribution is -2.39. The molecule has 0 atom stereocenters. The van der Waals surface area contributed by atoms with Gasteiger partial charge in [0.25, 0.3) is 0 Å². The third-order valence-corrected chi connectivity index (χ3v) is 4.05. The summed E-state index contributed by atoms with van der Waals surface area (Å²) >= 11 is 0. The molecule has 142 valence electrons. The molecule has 1 rings (SSSR count). The number of benzene rings is 1.